The standard InChI is InChI=1S/C17H30N2OS.2C16H28N2OS.C15H26N2OS.C14H24N2OS/c1-7-10-19(8-2)12-9-11-18(6)14-13(17(3,4)5)15(20)16(14)21;1-7-9-17(5)10-8-11-18(6)13-12(16(2,3)4)14(19)15(13)20;1-7-18(8-2)11-9-10-17(6)13-12(16(3,4)5)14(19)15(13)20;1-7-16(5)9-8-10-17(6)12-11(15(2,3)4)13(18)14(12)19;1-14(2,3)10-11(13(18)12(10)17)16(6)9-7-8-15(4)5/h7-12H2,1-6H3;2*7-11H2,1-6H3;7-10H2,1-6H3;7-9H2,1-6H3. The van der Waals surface area contributed by atoms with Crippen molar-refractivity contribution in [1.82, 2.24) is 24.5 Å². The maximum absolute atomic E-state index is 12.0. The Morgan fingerprint density at radius 3 is 0.673 bits per heavy atom. The monoisotopic (exact) mass is 1450 g/mol. The normalized spacial score (nSPS) is 12.4. The van der Waals surface area contributed by atoms with Gasteiger partial charge in [-0.1, -0.05) is 206 Å². The predicted molar refractivity (Wildman–Crippen MR) is 442 cm³/mol. The molecule has 0 unspecified atom stereocenters. The molecular formula is C78H136N10O5S5. The Morgan fingerprint density at radius 1 is 0.255 bits per heavy atom. The Kier molecular flexibility index (Phi) is 38.6. The van der Waals surface area contributed by atoms with Crippen LogP contribution in [-0.4, -0.2) is 193 Å². The van der Waals surface area contributed by atoms with E-state index in [9.17, 15) is 24.0 Å². The molecule has 98 heavy (non-hydrogen) atoms. The van der Waals surface area contributed by atoms with Crippen LogP contribution in [0.4, 0.5) is 28.4 Å². The highest BCUT2D eigenvalue weighted by Gasteiger charge is 2.34. The third kappa shape index (κ3) is 26.5. The van der Waals surface area contributed by atoms with Gasteiger partial charge in [0.2, 0.25) is 27.1 Å². The minimum atomic E-state index is -0.124. The number of nitrogens with zero attached hydrogens (tertiary/aromatic N) is 10. The molecule has 15 nitrogen and oxygen atoms in total. The average Bonchev–Trinajstić information content (AvgIpc) is 0.786. The molecule has 0 saturated carbocycles. The van der Waals surface area contributed by atoms with Gasteiger partial charge in [-0.2, -0.15) is 0 Å². The van der Waals surface area contributed by atoms with Gasteiger partial charge in [-0.15, -0.1) is 0 Å². The fourth-order valence-electron chi connectivity index (χ4n) is 12.5. The second-order valence-corrected chi connectivity index (χ2v) is 34.5. The molecule has 5 rings (SSSR count). The number of anilines is 5. The van der Waals surface area contributed by atoms with Gasteiger partial charge in [0.15, 0.2) is 0 Å². The minimum absolute atomic E-state index is 0.0620. The SMILES string of the molecule is CCCN(C)CCCN(C)c1c(C(C)(C)C)c(=O)c1=S.CCCN(CC)CCCN(C)c1c(C(C)(C)C)c(=O)c1=S.CCN(C)CCCN(C)c1c(C(C)(C)C)c(=O)c1=S.CCN(CC)CCCN(C)c1c(C(C)(C)C)c(=O)c1=S.CN(C)CCCN(C)c1c(C(C)(C)C)c(=O)c1=S. The van der Waals surface area contributed by atoms with Crippen LogP contribution in [0.15, 0.2) is 24.0 Å². The van der Waals surface area contributed by atoms with E-state index in [0.717, 1.165) is 193 Å². The predicted octanol–water partition coefficient (Wildman–Crippen LogP) is 14.8. The molecule has 0 saturated heterocycles. The van der Waals surface area contributed by atoms with E-state index >= 15 is 0 Å². The molecule has 0 atom stereocenters. The van der Waals surface area contributed by atoms with E-state index in [2.05, 4.69) is 230 Å². The molecule has 0 aromatic heterocycles. The van der Waals surface area contributed by atoms with Gasteiger partial charge < -0.3 is 49.0 Å². The smallest absolute Gasteiger partial charge is 0.204 e. The first-order valence-electron chi connectivity index (χ1n) is 36.2. The van der Waals surface area contributed by atoms with Crippen molar-refractivity contribution in [2.45, 2.75) is 217 Å². The molecule has 5 aromatic carbocycles. The number of rotatable bonds is 33. The Labute approximate surface area is 621 Å². The van der Waals surface area contributed by atoms with Crippen LogP contribution < -0.4 is 51.6 Å². The van der Waals surface area contributed by atoms with Crippen molar-refractivity contribution in [2.24, 2.45) is 0 Å². The van der Waals surface area contributed by atoms with E-state index in [1.54, 1.807) is 0 Å². The lowest BCUT2D eigenvalue weighted by Gasteiger charge is -2.31. The van der Waals surface area contributed by atoms with Crippen molar-refractivity contribution in [3.05, 3.63) is 101 Å². The van der Waals surface area contributed by atoms with E-state index in [1.807, 2.05) is 28.2 Å². The van der Waals surface area contributed by atoms with Crippen molar-refractivity contribution in [2.75, 3.05) is 193 Å². The summed E-state index contributed by atoms with van der Waals surface area (Å²) in [5.74, 6) is 0. The van der Waals surface area contributed by atoms with Crippen LogP contribution in [-0.2, 0) is 27.1 Å². The Morgan fingerprint density at radius 2 is 0.469 bits per heavy atom. The molecular weight excluding hydrogens is 1320 g/mol. The second-order valence-electron chi connectivity index (χ2n) is 32.5. The molecule has 0 fully saturated rings. The van der Waals surface area contributed by atoms with Crippen LogP contribution >= 0.6 is 61.1 Å². The van der Waals surface area contributed by atoms with Crippen molar-refractivity contribution in [1.29, 1.82) is 0 Å². The average molecular weight is 1450 g/mol. The maximum Gasteiger partial charge on any atom is 0.204 e. The third-order valence-electron chi connectivity index (χ3n) is 18.2. The molecule has 558 valence electrons. The summed E-state index contributed by atoms with van der Waals surface area (Å²) in [7, 11) is 18.6. The van der Waals surface area contributed by atoms with E-state index in [0.29, 0.717) is 22.6 Å². The summed E-state index contributed by atoms with van der Waals surface area (Å²) >= 11 is 26.1. The molecule has 0 aliphatic heterocycles. The largest absolute Gasteiger partial charge is 0.373 e. The summed E-state index contributed by atoms with van der Waals surface area (Å²) in [4.78, 5) is 82.2. The molecule has 0 radical (unpaired) electrons. The third-order valence-corrected chi connectivity index (χ3v) is 20.1. The molecule has 0 aliphatic rings. The fraction of sp³-hybridized carbons (Fsp3) is 0.744. The van der Waals surface area contributed by atoms with Crippen molar-refractivity contribution in [3.8, 4) is 0 Å². The van der Waals surface area contributed by atoms with Crippen LogP contribution in [0.5, 0.6) is 0 Å². The van der Waals surface area contributed by atoms with Gasteiger partial charge in [0.1, 0.15) is 22.6 Å². The van der Waals surface area contributed by atoms with Crippen LogP contribution in [0, 0.1) is 22.6 Å². The first-order valence-corrected chi connectivity index (χ1v) is 38.3. The van der Waals surface area contributed by atoms with E-state index in [4.69, 9.17) is 61.1 Å². The van der Waals surface area contributed by atoms with E-state index in [-0.39, 0.29) is 54.2 Å². The summed E-state index contributed by atoms with van der Waals surface area (Å²) < 4.78 is 2.56. The van der Waals surface area contributed by atoms with Gasteiger partial charge in [0.25, 0.3) is 0 Å². The summed E-state index contributed by atoms with van der Waals surface area (Å²) in [6.07, 6.45) is 7.81. The summed E-state index contributed by atoms with van der Waals surface area (Å²) in [5.41, 5.74) is 9.16. The topological polar surface area (TPSA) is 118 Å². The summed E-state index contributed by atoms with van der Waals surface area (Å²) in [6.45, 7) is 61.0. The molecule has 0 N–H and O–H groups in total. The van der Waals surface area contributed by atoms with Crippen LogP contribution in [0.3, 0.4) is 0 Å². The van der Waals surface area contributed by atoms with Crippen LogP contribution in [0.25, 0.3) is 0 Å². The first-order chi connectivity index (χ1) is 45.0. The minimum Gasteiger partial charge on any atom is -0.373 e. The zero-order valence-corrected chi connectivity index (χ0v) is 71.4. The second kappa shape index (κ2) is 41.0. The first kappa shape index (κ1) is 92.3. The van der Waals surface area contributed by atoms with Gasteiger partial charge >= 0.3 is 0 Å². The fourth-order valence-corrected chi connectivity index (χ4v) is 14.3. The molecule has 5 aromatic rings. The zero-order chi connectivity index (χ0) is 76.1. The highest BCUT2D eigenvalue weighted by atomic mass is 32.1. The van der Waals surface area contributed by atoms with Crippen molar-refractivity contribution < 1.29 is 0 Å². The van der Waals surface area contributed by atoms with Gasteiger partial charge in [-0.25, -0.2) is 0 Å². The molecule has 0 bridgehead atoms. The summed E-state index contributed by atoms with van der Waals surface area (Å²) in [6, 6.07) is 0. The molecule has 0 aliphatic carbocycles. The number of hydrogen-bond acceptors (Lipinski definition) is 20. The number of hydrogen-bond donors (Lipinski definition) is 0. The molecule has 0 spiro atoms. The quantitative estimate of drug-likeness (QED) is 0.0370. The van der Waals surface area contributed by atoms with Crippen LogP contribution in [0.1, 0.15) is 218 Å². The van der Waals surface area contributed by atoms with Crippen molar-refractivity contribution in [3.63, 3.8) is 0 Å². The van der Waals surface area contributed by atoms with Gasteiger partial charge in [0, 0.05) is 95.8 Å². The Balaban J connectivity index is 0.000000613. The van der Waals surface area contributed by atoms with E-state index < -0.39 is 0 Å². The Hall–Kier alpha value is -3.70. The zero-order valence-electron chi connectivity index (χ0n) is 67.3. The van der Waals surface area contributed by atoms with Gasteiger partial charge in [-0.05, 0) is 172 Å². The van der Waals surface area contributed by atoms with Crippen LogP contribution in [0.2, 0.25) is 0 Å². The van der Waals surface area contributed by atoms with Gasteiger partial charge in [0.05, 0.1) is 28.4 Å². The maximum atomic E-state index is 12.0. The highest BCUT2D eigenvalue weighted by Crippen LogP contribution is 2.37. The Bertz CT molecular complexity index is 3600. The lowest BCUT2D eigenvalue weighted by Crippen LogP contribution is -2.36. The summed E-state index contributed by atoms with van der Waals surface area (Å²) in [5, 5.41) is 0. The lowest BCUT2D eigenvalue weighted by molar-refractivity contribution is 0.286. The molecule has 20 heteroatoms. The van der Waals surface area contributed by atoms with E-state index in [1.165, 1.54) is 12.8 Å². The van der Waals surface area contributed by atoms with Gasteiger partial charge in [-0.3, -0.25) is 24.0 Å². The molecule has 0 heterocycles. The highest BCUT2D eigenvalue weighted by molar-refractivity contribution is 7.72. The molecule has 0 amide bonds. The lowest BCUT2D eigenvalue weighted by atomic mass is 9.82. The van der Waals surface area contributed by atoms with Crippen molar-refractivity contribution >= 4 is 89.5 Å².